The van der Waals surface area contributed by atoms with Crippen LogP contribution in [0.5, 0.6) is 0 Å². The van der Waals surface area contributed by atoms with Gasteiger partial charge >= 0.3 is 0 Å². The molecule has 1 aliphatic carbocycles. The number of rotatable bonds is 0. The van der Waals surface area contributed by atoms with E-state index >= 15 is 0 Å². The van der Waals surface area contributed by atoms with Gasteiger partial charge in [-0.3, -0.25) is 0 Å². The van der Waals surface area contributed by atoms with E-state index in [1.807, 2.05) is 24.3 Å². The molecule has 0 saturated carbocycles. The molecule has 2 N–H and O–H groups in total. The predicted octanol–water partition coefficient (Wildman–Crippen LogP) is 1.31. The monoisotopic (exact) mass is 158 g/mol. The third-order valence-electron chi connectivity index (χ3n) is 2.49. The molecule has 2 nitrogen and oxygen atoms in total. The number of nitrogens with two attached hydrogens (primary N) is 1. The third-order valence-corrected chi connectivity index (χ3v) is 2.49. The number of hydrogen-bond acceptors (Lipinski definition) is 2. The molecule has 2 heteroatoms. The quantitative estimate of drug-likeness (QED) is 0.618. The molecule has 0 bridgehead atoms. The van der Waals surface area contributed by atoms with E-state index in [2.05, 4.69) is 6.07 Å². The van der Waals surface area contributed by atoms with Crippen molar-refractivity contribution in [1.82, 2.24) is 0 Å². The molecule has 0 aromatic heterocycles. The summed E-state index contributed by atoms with van der Waals surface area (Å²) < 4.78 is 0. The average Bonchev–Trinajstić information content (AvgIpc) is 2.46. The molecule has 0 saturated heterocycles. The number of aryl methyl sites for hydroxylation is 1. The predicted molar refractivity (Wildman–Crippen MR) is 46.2 cm³/mol. The van der Waals surface area contributed by atoms with Crippen LogP contribution in [0.4, 0.5) is 0 Å². The number of hydrogen-bond donors (Lipinski definition) is 1. The van der Waals surface area contributed by atoms with Crippen LogP contribution in [0, 0.1) is 11.3 Å². The molecular weight excluding hydrogens is 148 g/mol. The van der Waals surface area contributed by atoms with Gasteiger partial charge in [0.05, 0.1) is 6.07 Å². The van der Waals surface area contributed by atoms with Gasteiger partial charge in [0, 0.05) is 0 Å². The van der Waals surface area contributed by atoms with Crippen LogP contribution in [-0.2, 0) is 12.0 Å². The zero-order valence-electron chi connectivity index (χ0n) is 6.75. The van der Waals surface area contributed by atoms with E-state index in [0.29, 0.717) is 0 Å². The highest BCUT2D eigenvalue weighted by molar-refractivity contribution is 5.42. The van der Waals surface area contributed by atoms with Crippen molar-refractivity contribution in [2.45, 2.75) is 18.4 Å². The molecule has 1 aromatic rings. The second kappa shape index (κ2) is 2.33. The number of nitrogens with zero attached hydrogens (tertiary/aromatic N) is 1. The molecule has 60 valence electrons. The van der Waals surface area contributed by atoms with Gasteiger partial charge in [0.15, 0.2) is 0 Å². The van der Waals surface area contributed by atoms with E-state index in [1.54, 1.807) is 0 Å². The Balaban J connectivity index is 2.58. The first-order valence-corrected chi connectivity index (χ1v) is 4.05. The van der Waals surface area contributed by atoms with Crippen LogP contribution in [0.15, 0.2) is 24.3 Å². The van der Waals surface area contributed by atoms with Crippen molar-refractivity contribution in [3.8, 4) is 6.07 Å². The molecule has 0 heterocycles. The van der Waals surface area contributed by atoms with Crippen molar-refractivity contribution < 1.29 is 0 Å². The molecule has 1 aliphatic rings. The second-order valence-corrected chi connectivity index (χ2v) is 3.24. The molecule has 2 rings (SSSR count). The van der Waals surface area contributed by atoms with Gasteiger partial charge in [-0.2, -0.15) is 5.26 Å². The first kappa shape index (κ1) is 7.33. The minimum Gasteiger partial charge on any atom is -0.310 e. The van der Waals surface area contributed by atoms with Crippen LogP contribution >= 0.6 is 0 Å². The lowest BCUT2D eigenvalue weighted by atomic mass is 9.95. The fourth-order valence-electron chi connectivity index (χ4n) is 1.76. The highest BCUT2D eigenvalue weighted by Gasteiger charge is 2.34. The fraction of sp³-hybridized carbons (Fsp3) is 0.300. The van der Waals surface area contributed by atoms with Gasteiger partial charge in [0.1, 0.15) is 5.54 Å². The van der Waals surface area contributed by atoms with Crippen molar-refractivity contribution in [1.29, 1.82) is 5.26 Å². The maximum atomic E-state index is 8.90. The third kappa shape index (κ3) is 0.838. The molecule has 12 heavy (non-hydrogen) atoms. The summed E-state index contributed by atoms with van der Waals surface area (Å²) in [5.74, 6) is 0. The lowest BCUT2D eigenvalue weighted by molar-refractivity contribution is 0.571. The van der Waals surface area contributed by atoms with Gasteiger partial charge in [-0.05, 0) is 24.0 Å². The average molecular weight is 158 g/mol. The van der Waals surface area contributed by atoms with Crippen LogP contribution in [0.2, 0.25) is 0 Å². The summed E-state index contributed by atoms with van der Waals surface area (Å²) in [4.78, 5) is 0. The van der Waals surface area contributed by atoms with Crippen LogP contribution < -0.4 is 5.73 Å². The molecule has 0 radical (unpaired) electrons. The van der Waals surface area contributed by atoms with Gasteiger partial charge in [-0.15, -0.1) is 0 Å². The van der Waals surface area contributed by atoms with E-state index in [9.17, 15) is 0 Å². The largest absolute Gasteiger partial charge is 0.310 e. The standard InChI is InChI=1S/C10H10N2/c11-7-10(12)6-5-8-3-1-2-4-9(8)10/h1-4H,5-6,12H2/t10-/m1/s1. The molecule has 1 aromatic carbocycles. The Morgan fingerprint density at radius 3 is 2.92 bits per heavy atom. The highest BCUT2D eigenvalue weighted by Crippen LogP contribution is 2.33. The van der Waals surface area contributed by atoms with Gasteiger partial charge in [-0.1, -0.05) is 24.3 Å². The lowest BCUT2D eigenvalue weighted by Gasteiger charge is -2.14. The van der Waals surface area contributed by atoms with Crippen LogP contribution in [0.25, 0.3) is 0 Å². The summed E-state index contributed by atoms with van der Waals surface area (Å²) in [7, 11) is 0. The first-order valence-electron chi connectivity index (χ1n) is 4.05. The minimum atomic E-state index is -0.726. The van der Waals surface area contributed by atoms with Gasteiger partial charge in [0.2, 0.25) is 0 Å². The topological polar surface area (TPSA) is 49.8 Å². The van der Waals surface area contributed by atoms with Crippen molar-refractivity contribution in [2.75, 3.05) is 0 Å². The van der Waals surface area contributed by atoms with E-state index in [-0.39, 0.29) is 0 Å². The summed E-state index contributed by atoms with van der Waals surface area (Å²) in [6, 6.07) is 10.1. The summed E-state index contributed by atoms with van der Waals surface area (Å²) in [6.45, 7) is 0. The minimum absolute atomic E-state index is 0.726. The van der Waals surface area contributed by atoms with Crippen molar-refractivity contribution >= 4 is 0 Å². The molecule has 0 aliphatic heterocycles. The SMILES string of the molecule is N#C[C@]1(N)CCc2ccccc21. The molecular formula is C10H10N2. The van der Waals surface area contributed by atoms with Crippen LogP contribution in [0.1, 0.15) is 17.5 Å². The number of benzene rings is 1. The summed E-state index contributed by atoms with van der Waals surface area (Å²) >= 11 is 0. The molecule has 0 spiro atoms. The van der Waals surface area contributed by atoms with Crippen molar-refractivity contribution in [2.24, 2.45) is 5.73 Å². The zero-order valence-corrected chi connectivity index (χ0v) is 6.75. The first-order chi connectivity index (χ1) is 5.76. The summed E-state index contributed by atoms with van der Waals surface area (Å²) in [5.41, 5.74) is 7.41. The maximum absolute atomic E-state index is 8.90. The van der Waals surface area contributed by atoms with E-state index < -0.39 is 5.54 Å². The smallest absolute Gasteiger partial charge is 0.130 e. The maximum Gasteiger partial charge on any atom is 0.130 e. The summed E-state index contributed by atoms with van der Waals surface area (Å²) in [6.07, 6.45) is 1.68. The molecule has 0 unspecified atom stereocenters. The fourth-order valence-corrected chi connectivity index (χ4v) is 1.76. The van der Waals surface area contributed by atoms with E-state index in [0.717, 1.165) is 18.4 Å². The zero-order chi connectivity index (χ0) is 8.60. The molecule has 1 atom stereocenters. The molecule has 0 amide bonds. The van der Waals surface area contributed by atoms with Gasteiger partial charge in [-0.25, -0.2) is 0 Å². The van der Waals surface area contributed by atoms with E-state index in [1.165, 1.54) is 5.56 Å². The van der Waals surface area contributed by atoms with Crippen molar-refractivity contribution in [3.63, 3.8) is 0 Å². The normalized spacial score (nSPS) is 26.3. The Hall–Kier alpha value is -1.33. The second-order valence-electron chi connectivity index (χ2n) is 3.24. The Labute approximate surface area is 71.6 Å². The van der Waals surface area contributed by atoms with E-state index in [4.69, 9.17) is 11.0 Å². The summed E-state index contributed by atoms with van der Waals surface area (Å²) in [5, 5.41) is 8.90. The number of nitriles is 1. The molecule has 0 fully saturated rings. The number of fused-ring (bicyclic) bond motifs is 1. The van der Waals surface area contributed by atoms with Crippen molar-refractivity contribution in [3.05, 3.63) is 35.4 Å². The van der Waals surface area contributed by atoms with Gasteiger partial charge < -0.3 is 5.73 Å². The van der Waals surface area contributed by atoms with Crippen LogP contribution in [0.3, 0.4) is 0 Å². The highest BCUT2D eigenvalue weighted by atomic mass is 14.8. The Morgan fingerprint density at radius 2 is 2.17 bits per heavy atom. The Kier molecular flexibility index (Phi) is 1.42. The Bertz CT molecular complexity index is 351. The lowest BCUT2D eigenvalue weighted by Crippen LogP contribution is -2.31. The Morgan fingerprint density at radius 1 is 1.42 bits per heavy atom. The van der Waals surface area contributed by atoms with Crippen LogP contribution in [-0.4, -0.2) is 0 Å². The van der Waals surface area contributed by atoms with Gasteiger partial charge in [0.25, 0.3) is 0 Å².